The first-order valence-corrected chi connectivity index (χ1v) is 5.42. The van der Waals surface area contributed by atoms with Crippen molar-refractivity contribution in [1.82, 2.24) is 0 Å². The smallest absolute Gasteiger partial charge is 0.405 e. The summed E-state index contributed by atoms with van der Waals surface area (Å²) in [5.74, 6) is 0.448. The van der Waals surface area contributed by atoms with Crippen LogP contribution in [0.25, 0.3) is 0 Å². The van der Waals surface area contributed by atoms with Crippen molar-refractivity contribution in [3.8, 4) is 0 Å². The van der Waals surface area contributed by atoms with E-state index in [1.165, 1.54) is 5.56 Å². The number of rotatable bonds is 3. The molecule has 0 fully saturated rings. The Labute approximate surface area is 96.6 Å². The second kappa shape index (κ2) is 4.56. The van der Waals surface area contributed by atoms with Crippen molar-refractivity contribution >= 4 is 6.09 Å². The van der Waals surface area contributed by atoms with Gasteiger partial charge in [0, 0.05) is 0 Å². The number of carbonyl (C=O) groups is 1. The number of carbonyl (C=O) groups excluding carboxylic acids is 1. The van der Waals surface area contributed by atoms with E-state index in [1.807, 2.05) is 32.0 Å². The number of nitrogens with two attached hydrogens (primary N) is 1. The number of benzene rings is 1. The zero-order chi connectivity index (χ0) is 12.3. The molecular formula is C13H19NO2. The Hall–Kier alpha value is -1.51. The molecule has 0 saturated carbocycles. The Morgan fingerprint density at radius 2 is 2.00 bits per heavy atom. The van der Waals surface area contributed by atoms with E-state index >= 15 is 0 Å². The van der Waals surface area contributed by atoms with E-state index in [9.17, 15) is 4.79 Å². The molecule has 3 heteroatoms. The fraction of sp³-hybridized carbons (Fsp3) is 0.462. The second-order valence-corrected chi connectivity index (χ2v) is 4.71. The SMILES string of the molecule is CC(C)c1cccc(C(C)(C)OC(N)=O)c1. The zero-order valence-electron chi connectivity index (χ0n) is 10.3. The van der Waals surface area contributed by atoms with Gasteiger partial charge in [0.25, 0.3) is 0 Å². The van der Waals surface area contributed by atoms with Gasteiger partial charge in [0.1, 0.15) is 5.60 Å². The minimum Gasteiger partial charge on any atom is -0.439 e. The molecule has 3 nitrogen and oxygen atoms in total. The van der Waals surface area contributed by atoms with E-state index in [0.29, 0.717) is 5.92 Å². The highest BCUT2D eigenvalue weighted by molar-refractivity contribution is 5.65. The lowest BCUT2D eigenvalue weighted by molar-refractivity contribution is 0.0432. The van der Waals surface area contributed by atoms with Crippen LogP contribution in [0, 0.1) is 0 Å². The molecule has 1 rings (SSSR count). The van der Waals surface area contributed by atoms with Gasteiger partial charge in [0.15, 0.2) is 0 Å². The van der Waals surface area contributed by atoms with E-state index in [-0.39, 0.29) is 0 Å². The van der Waals surface area contributed by atoms with Gasteiger partial charge < -0.3 is 10.5 Å². The van der Waals surface area contributed by atoms with Crippen molar-refractivity contribution in [2.75, 3.05) is 0 Å². The lowest BCUT2D eigenvalue weighted by Crippen LogP contribution is -2.28. The van der Waals surface area contributed by atoms with Crippen molar-refractivity contribution in [2.45, 2.75) is 39.2 Å². The third-order valence-corrected chi connectivity index (χ3v) is 2.60. The van der Waals surface area contributed by atoms with Gasteiger partial charge in [-0.15, -0.1) is 0 Å². The third kappa shape index (κ3) is 2.99. The highest BCUT2D eigenvalue weighted by Gasteiger charge is 2.24. The minimum absolute atomic E-state index is 0.448. The maximum absolute atomic E-state index is 10.8. The molecule has 0 heterocycles. The standard InChI is InChI=1S/C13H19NO2/c1-9(2)10-6-5-7-11(8-10)13(3,4)16-12(14)15/h5-9H,1-4H3,(H2,14,15). The average Bonchev–Trinajstić information content (AvgIpc) is 2.16. The van der Waals surface area contributed by atoms with Crippen LogP contribution in [-0.4, -0.2) is 6.09 Å². The molecular weight excluding hydrogens is 202 g/mol. The predicted molar refractivity (Wildman–Crippen MR) is 64.2 cm³/mol. The highest BCUT2D eigenvalue weighted by Crippen LogP contribution is 2.27. The van der Waals surface area contributed by atoms with Crippen LogP contribution < -0.4 is 5.73 Å². The molecule has 0 unspecified atom stereocenters. The predicted octanol–water partition coefficient (Wildman–Crippen LogP) is 3.14. The van der Waals surface area contributed by atoms with Crippen molar-refractivity contribution in [2.24, 2.45) is 5.73 Å². The van der Waals surface area contributed by atoms with Crippen LogP contribution in [0.5, 0.6) is 0 Å². The number of hydrogen-bond acceptors (Lipinski definition) is 2. The van der Waals surface area contributed by atoms with Crippen molar-refractivity contribution in [3.05, 3.63) is 35.4 Å². The van der Waals surface area contributed by atoms with Gasteiger partial charge in [-0.25, -0.2) is 4.79 Å². The molecule has 2 N–H and O–H groups in total. The molecule has 1 aromatic rings. The summed E-state index contributed by atoms with van der Waals surface area (Å²) in [6.07, 6.45) is -0.750. The average molecular weight is 221 g/mol. The van der Waals surface area contributed by atoms with Crippen molar-refractivity contribution in [1.29, 1.82) is 0 Å². The number of hydrogen-bond donors (Lipinski definition) is 1. The molecule has 1 aromatic carbocycles. The van der Waals surface area contributed by atoms with Crippen LogP contribution in [0.15, 0.2) is 24.3 Å². The number of primary amides is 1. The Bertz CT molecular complexity index is 383. The first kappa shape index (κ1) is 12.6. The van der Waals surface area contributed by atoms with Gasteiger partial charge in [-0.3, -0.25) is 0 Å². The van der Waals surface area contributed by atoms with E-state index in [0.717, 1.165) is 5.56 Å². The van der Waals surface area contributed by atoms with Gasteiger partial charge in [-0.1, -0.05) is 38.1 Å². The topological polar surface area (TPSA) is 52.3 Å². The van der Waals surface area contributed by atoms with Gasteiger partial charge in [0.2, 0.25) is 0 Å². The number of amides is 1. The molecule has 0 atom stereocenters. The molecule has 0 aromatic heterocycles. The summed E-state index contributed by atoms with van der Waals surface area (Å²) >= 11 is 0. The molecule has 0 aliphatic carbocycles. The van der Waals surface area contributed by atoms with Crippen LogP contribution >= 0.6 is 0 Å². The molecule has 0 aliphatic heterocycles. The maximum Gasteiger partial charge on any atom is 0.405 e. The summed E-state index contributed by atoms with van der Waals surface area (Å²) in [7, 11) is 0. The van der Waals surface area contributed by atoms with Crippen LogP contribution in [0.3, 0.4) is 0 Å². The van der Waals surface area contributed by atoms with E-state index in [1.54, 1.807) is 0 Å². The molecule has 0 saturated heterocycles. The second-order valence-electron chi connectivity index (χ2n) is 4.71. The monoisotopic (exact) mass is 221 g/mol. The van der Waals surface area contributed by atoms with Crippen molar-refractivity contribution in [3.63, 3.8) is 0 Å². The van der Waals surface area contributed by atoms with Gasteiger partial charge in [-0.05, 0) is 30.9 Å². The largest absolute Gasteiger partial charge is 0.439 e. The molecule has 0 radical (unpaired) electrons. The summed E-state index contributed by atoms with van der Waals surface area (Å²) in [4.78, 5) is 10.8. The minimum atomic E-state index is -0.750. The summed E-state index contributed by atoms with van der Waals surface area (Å²) in [5.41, 5.74) is 6.55. The Balaban J connectivity index is 3.03. The Morgan fingerprint density at radius 3 is 2.50 bits per heavy atom. The third-order valence-electron chi connectivity index (χ3n) is 2.60. The summed E-state index contributed by atoms with van der Waals surface area (Å²) in [6, 6.07) is 8.02. The van der Waals surface area contributed by atoms with Crippen LogP contribution in [0.4, 0.5) is 4.79 Å². The van der Waals surface area contributed by atoms with Crippen LogP contribution in [0.2, 0.25) is 0 Å². The quantitative estimate of drug-likeness (QED) is 0.852. The van der Waals surface area contributed by atoms with Gasteiger partial charge in [0.05, 0.1) is 0 Å². The Kier molecular flexibility index (Phi) is 3.58. The van der Waals surface area contributed by atoms with Crippen LogP contribution in [-0.2, 0) is 10.3 Å². The van der Waals surface area contributed by atoms with E-state index < -0.39 is 11.7 Å². The fourth-order valence-electron chi connectivity index (χ4n) is 1.58. The normalized spacial score (nSPS) is 11.6. The number of ether oxygens (including phenoxy) is 1. The summed E-state index contributed by atoms with van der Waals surface area (Å²) < 4.78 is 5.10. The first-order chi connectivity index (χ1) is 7.33. The first-order valence-electron chi connectivity index (χ1n) is 5.42. The zero-order valence-corrected chi connectivity index (χ0v) is 10.3. The highest BCUT2D eigenvalue weighted by atomic mass is 16.6. The summed E-state index contributed by atoms with van der Waals surface area (Å²) in [6.45, 7) is 7.91. The van der Waals surface area contributed by atoms with E-state index in [2.05, 4.69) is 19.9 Å². The molecule has 0 bridgehead atoms. The lowest BCUT2D eigenvalue weighted by atomic mass is 9.93. The molecule has 88 valence electrons. The lowest BCUT2D eigenvalue weighted by Gasteiger charge is -2.25. The molecule has 0 aliphatic rings. The van der Waals surface area contributed by atoms with E-state index in [4.69, 9.17) is 10.5 Å². The van der Waals surface area contributed by atoms with Crippen molar-refractivity contribution < 1.29 is 9.53 Å². The Morgan fingerprint density at radius 1 is 1.38 bits per heavy atom. The van der Waals surface area contributed by atoms with Gasteiger partial charge in [-0.2, -0.15) is 0 Å². The maximum atomic E-state index is 10.8. The molecule has 0 spiro atoms. The molecule has 1 amide bonds. The summed E-state index contributed by atoms with van der Waals surface area (Å²) in [5, 5.41) is 0. The molecule has 16 heavy (non-hydrogen) atoms. The van der Waals surface area contributed by atoms with Gasteiger partial charge >= 0.3 is 6.09 Å². The van der Waals surface area contributed by atoms with Crippen LogP contribution in [0.1, 0.15) is 44.7 Å². The fourth-order valence-corrected chi connectivity index (χ4v) is 1.58.